The molecule has 114 valence electrons. The van der Waals surface area contributed by atoms with Crippen molar-refractivity contribution in [3.05, 3.63) is 59.5 Å². The molecule has 2 aromatic carbocycles. The summed E-state index contributed by atoms with van der Waals surface area (Å²) in [5, 5.41) is 0. The zero-order valence-electron chi connectivity index (χ0n) is 12.3. The van der Waals surface area contributed by atoms with Gasteiger partial charge in [0.05, 0.1) is 4.90 Å². The van der Waals surface area contributed by atoms with E-state index >= 15 is 0 Å². The first kappa shape index (κ1) is 14.7. The third-order valence-electron chi connectivity index (χ3n) is 3.49. The van der Waals surface area contributed by atoms with E-state index in [2.05, 4.69) is 9.71 Å². The molecule has 0 saturated heterocycles. The quantitative estimate of drug-likeness (QED) is 0.803. The SMILES string of the molecule is Cc1nc2ccc(S(=O)(=O)NCc3ccccc3C)cc2o1. The number of benzene rings is 2. The van der Waals surface area contributed by atoms with Gasteiger partial charge in [0.1, 0.15) is 5.52 Å². The highest BCUT2D eigenvalue weighted by molar-refractivity contribution is 7.89. The molecule has 0 aliphatic heterocycles. The van der Waals surface area contributed by atoms with E-state index in [-0.39, 0.29) is 11.4 Å². The maximum Gasteiger partial charge on any atom is 0.241 e. The van der Waals surface area contributed by atoms with Gasteiger partial charge in [-0.1, -0.05) is 24.3 Å². The van der Waals surface area contributed by atoms with Gasteiger partial charge < -0.3 is 4.42 Å². The summed E-state index contributed by atoms with van der Waals surface area (Å²) in [6, 6.07) is 12.3. The van der Waals surface area contributed by atoms with E-state index in [0.717, 1.165) is 11.1 Å². The summed E-state index contributed by atoms with van der Waals surface area (Å²) in [6.45, 7) is 3.93. The number of aryl methyl sites for hydroxylation is 2. The molecule has 0 spiro atoms. The number of aromatic nitrogens is 1. The van der Waals surface area contributed by atoms with Crippen LogP contribution in [0.25, 0.3) is 11.1 Å². The molecule has 6 heteroatoms. The largest absolute Gasteiger partial charge is 0.441 e. The molecule has 3 rings (SSSR count). The third-order valence-corrected chi connectivity index (χ3v) is 4.89. The van der Waals surface area contributed by atoms with Gasteiger partial charge in [0.25, 0.3) is 0 Å². The number of sulfonamides is 1. The van der Waals surface area contributed by atoms with E-state index in [0.29, 0.717) is 17.0 Å². The van der Waals surface area contributed by atoms with Crippen molar-refractivity contribution >= 4 is 21.1 Å². The van der Waals surface area contributed by atoms with Crippen molar-refractivity contribution in [1.29, 1.82) is 0 Å². The Balaban J connectivity index is 1.86. The van der Waals surface area contributed by atoms with Crippen molar-refractivity contribution in [3.63, 3.8) is 0 Å². The van der Waals surface area contributed by atoms with Crippen molar-refractivity contribution in [2.24, 2.45) is 0 Å². The van der Waals surface area contributed by atoms with E-state index in [1.165, 1.54) is 12.1 Å². The molecular formula is C16H16N2O3S. The predicted molar refractivity (Wildman–Crippen MR) is 84.0 cm³/mol. The van der Waals surface area contributed by atoms with Crippen LogP contribution in [-0.4, -0.2) is 13.4 Å². The van der Waals surface area contributed by atoms with Crippen LogP contribution in [0.15, 0.2) is 51.8 Å². The van der Waals surface area contributed by atoms with Crippen LogP contribution in [0.3, 0.4) is 0 Å². The number of rotatable bonds is 4. The molecule has 5 nitrogen and oxygen atoms in total. The zero-order chi connectivity index (χ0) is 15.7. The molecular weight excluding hydrogens is 300 g/mol. The molecule has 0 unspecified atom stereocenters. The van der Waals surface area contributed by atoms with E-state index in [1.54, 1.807) is 13.0 Å². The van der Waals surface area contributed by atoms with Gasteiger partial charge >= 0.3 is 0 Å². The zero-order valence-corrected chi connectivity index (χ0v) is 13.1. The minimum absolute atomic E-state index is 0.171. The minimum Gasteiger partial charge on any atom is -0.441 e. The summed E-state index contributed by atoms with van der Waals surface area (Å²) in [6.07, 6.45) is 0. The molecule has 1 aromatic heterocycles. The second-order valence-corrected chi connectivity index (χ2v) is 6.88. The van der Waals surface area contributed by atoms with E-state index < -0.39 is 10.0 Å². The Hall–Kier alpha value is -2.18. The van der Waals surface area contributed by atoms with Crippen LogP contribution in [0.5, 0.6) is 0 Å². The van der Waals surface area contributed by atoms with Gasteiger partial charge in [-0.3, -0.25) is 0 Å². The van der Waals surface area contributed by atoms with Crippen molar-refractivity contribution in [3.8, 4) is 0 Å². The molecule has 0 bridgehead atoms. The van der Waals surface area contributed by atoms with Gasteiger partial charge in [-0.25, -0.2) is 18.1 Å². The van der Waals surface area contributed by atoms with Crippen LogP contribution in [0.1, 0.15) is 17.0 Å². The predicted octanol–water partition coefficient (Wildman–Crippen LogP) is 2.92. The number of nitrogens with one attached hydrogen (secondary N) is 1. The molecule has 1 heterocycles. The molecule has 0 saturated carbocycles. The maximum absolute atomic E-state index is 12.4. The third kappa shape index (κ3) is 2.88. The maximum atomic E-state index is 12.4. The average Bonchev–Trinajstić information content (AvgIpc) is 2.85. The van der Waals surface area contributed by atoms with Crippen LogP contribution in [-0.2, 0) is 16.6 Å². The molecule has 0 atom stereocenters. The summed E-state index contributed by atoms with van der Waals surface area (Å²) >= 11 is 0. The van der Waals surface area contributed by atoms with Crippen molar-refractivity contribution < 1.29 is 12.8 Å². The number of hydrogen-bond acceptors (Lipinski definition) is 4. The lowest BCUT2D eigenvalue weighted by atomic mass is 10.1. The fourth-order valence-electron chi connectivity index (χ4n) is 2.25. The fourth-order valence-corrected chi connectivity index (χ4v) is 3.27. The highest BCUT2D eigenvalue weighted by Gasteiger charge is 2.16. The summed E-state index contributed by atoms with van der Waals surface area (Å²) in [4.78, 5) is 4.33. The van der Waals surface area contributed by atoms with Gasteiger partial charge in [-0.2, -0.15) is 0 Å². The van der Waals surface area contributed by atoms with Gasteiger partial charge in [0.15, 0.2) is 11.5 Å². The number of fused-ring (bicyclic) bond motifs is 1. The van der Waals surface area contributed by atoms with Crippen LogP contribution in [0.2, 0.25) is 0 Å². The molecule has 0 radical (unpaired) electrons. The number of nitrogens with zero attached hydrogens (tertiary/aromatic N) is 1. The molecule has 22 heavy (non-hydrogen) atoms. The average molecular weight is 316 g/mol. The fraction of sp³-hybridized carbons (Fsp3) is 0.188. The van der Waals surface area contributed by atoms with E-state index in [9.17, 15) is 8.42 Å². The van der Waals surface area contributed by atoms with Crippen molar-refractivity contribution in [2.45, 2.75) is 25.3 Å². The second-order valence-electron chi connectivity index (χ2n) is 5.11. The molecule has 3 aromatic rings. The van der Waals surface area contributed by atoms with Crippen LogP contribution >= 0.6 is 0 Å². The Bertz CT molecular complexity index is 929. The lowest BCUT2D eigenvalue weighted by Crippen LogP contribution is -2.23. The lowest BCUT2D eigenvalue weighted by Gasteiger charge is -2.08. The second kappa shape index (κ2) is 5.55. The van der Waals surface area contributed by atoms with Crippen molar-refractivity contribution in [2.75, 3.05) is 0 Å². The van der Waals surface area contributed by atoms with Gasteiger partial charge in [-0.05, 0) is 30.2 Å². The Labute approximate surface area is 129 Å². The van der Waals surface area contributed by atoms with Crippen LogP contribution in [0, 0.1) is 13.8 Å². The number of oxazole rings is 1. The topological polar surface area (TPSA) is 72.2 Å². The Morgan fingerprint density at radius 3 is 2.68 bits per heavy atom. The summed E-state index contributed by atoms with van der Waals surface area (Å²) in [7, 11) is -3.60. The minimum atomic E-state index is -3.60. The normalized spacial score (nSPS) is 11.9. The van der Waals surface area contributed by atoms with Gasteiger partial charge in [0.2, 0.25) is 10.0 Å². The Kier molecular flexibility index (Phi) is 3.72. The Morgan fingerprint density at radius 1 is 1.14 bits per heavy atom. The number of hydrogen-bond donors (Lipinski definition) is 1. The molecule has 0 aliphatic rings. The van der Waals surface area contributed by atoms with Crippen molar-refractivity contribution in [1.82, 2.24) is 9.71 Å². The highest BCUT2D eigenvalue weighted by atomic mass is 32.2. The Morgan fingerprint density at radius 2 is 1.91 bits per heavy atom. The first-order valence-corrected chi connectivity index (χ1v) is 8.35. The summed E-state index contributed by atoms with van der Waals surface area (Å²) in [5.74, 6) is 0.511. The first-order chi connectivity index (χ1) is 10.5. The van der Waals surface area contributed by atoms with E-state index in [1.807, 2.05) is 31.2 Å². The lowest BCUT2D eigenvalue weighted by molar-refractivity contribution is 0.558. The molecule has 0 aliphatic carbocycles. The monoisotopic (exact) mass is 316 g/mol. The van der Waals surface area contributed by atoms with Gasteiger partial charge in [0, 0.05) is 19.5 Å². The standard InChI is InChI=1S/C16H16N2O3S/c1-11-5-3-4-6-13(11)10-17-22(19,20)14-7-8-15-16(9-14)21-12(2)18-15/h3-9,17H,10H2,1-2H3. The van der Waals surface area contributed by atoms with Crippen LogP contribution in [0.4, 0.5) is 0 Å². The summed E-state index contributed by atoms with van der Waals surface area (Å²) < 4.78 is 32.8. The molecule has 0 fully saturated rings. The van der Waals surface area contributed by atoms with Gasteiger partial charge in [-0.15, -0.1) is 0 Å². The highest BCUT2D eigenvalue weighted by Crippen LogP contribution is 2.20. The first-order valence-electron chi connectivity index (χ1n) is 6.87. The smallest absolute Gasteiger partial charge is 0.241 e. The van der Waals surface area contributed by atoms with Crippen LogP contribution < -0.4 is 4.72 Å². The molecule has 1 N–H and O–H groups in total. The van der Waals surface area contributed by atoms with E-state index in [4.69, 9.17) is 4.42 Å². The summed E-state index contributed by atoms with van der Waals surface area (Å²) in [5.41, 5.74) is 3.11. The molecule has 0 amide bonds.